The molecule has 3 rings (SSSR count). The third kappa shape index (κ3) is 5.61. The maximum atomic E-state index is 13.6. The molecule has 0 aliphatic carbocycles. The Kier molecular flexibility index (Phi) is 8.53. The van der Waals surface area contributed by atoms with Crippen molar-refractivity contribution in [2.75, 3.05) is 39.8 Å². The van der Waals surface area contributed by atoms with E-state index < -0.39 is 5.41 Å². The summed E-state index contributed by atoms with van der Waals surface area (Å²) in [5, 5.41) is 10.2. The van der Waals surface area contributed by atoms with Gasteiger partial charge in [0.15, 0.2) is 5.16 Å². The van der Waals surface area contributed by atoms with Crippen LogP contribution in [0.3, 0.4) is 0 Å². The third-order valence-electron chi connectivity index (χ3n) is 5.04. The molecule has 6 nitrogen and oxygen atoms in total. The molecule has 0 atom stereocenters. The van der Waals surface area contributed by atoms with Crippen LogP contribution in [-0.4, -0.2) is 54.6 Å². The van der Waals surface area contributed by atoms with Gasteiger partial charge in [-0.2, -0.15) is 0 Å². The van der Waals surface area contributed by atoms with Crippen LogP contribution in [0.15, 0.2) is 47.6 Å². The highest BCUT2D eigenvalue weighted by Gasteiger charge is 2.32. The van der Waals surface area contributed by atoms with E-state index in [0.717, 1.165) is 17.1 Å². The van der Waals surface area contributed by atoms with E-state index >= 15 is 0 Å². The third-order valence-corrected chi connectivity index (χ3v) is 6.25. The number of benzene rings is 2. The zero-order valence-electron chi connectivity index (χ0n) is 18.6. The molecule has 1 aromatic heterocycles. The van der Waals surface area contributed by atoms with Crippen LogP contribution in [-0.2, 0) is 14.9 Å². The highest BCUT2D eigenvalue weighted by atomic mass is 35.5. The molecular weight excluding hydrogens is 453 g/mol. The van der Waals surface area contributed by atoms with Gasteiger partial charge in [-0.05, 0) is 55.8 Å². The van der Waals surface area contributed by atoms with Crippen LogP contribution in [0.1, 0.15) is 25.2 Å². The summed E-state index contributed by atoms with van der Waals surface area (Å²) < 4.78 is 31.5. The predicted molar refractivity (Wildman–Crippen MR) is 125 cm³/mol. The molecular formula is C23H27ClFN3O3S. The standard InChI is InChI=1S/C23H27ClFN3O3S/c1-23(2,16-5-10-19(24)20(15-16)30-4)21-26-27-22(32-14-13-31-12-11-29-3)28(21)18-8-6-17(25)7-9-18/h5-10,15H,11-14H2,1-4H3. The van der Waals surface area contributed by atoms with Gasteiger partial charge in [0.2, 0.25) is 0 Å². The van der Waals surface area contributed by atoms with Crippen LogP contribution < -0.4 is 4.74 Å². The van der Waals surface area contributed by atoms with E-state index in [2.05, 4.69) is 24.0 Å². The van der Waals surface area contributed by atoms with Crippen molar-refractivity contribution in [3.63, 3.8) is 0 Å². The fraction of sp³-hybridized carbons (Fsp3) is 0.391. The predicted octanol–water partition coefficient (Wildman–Crippen LogP) is 5.15. The van der Waals surface area contributed by atoms with Crippen LogP contribution in [0.2, 0.25) is 5.02 Å². The van der Waals surface area contributed by atoms with Gasteiger partial charge in [0.25, 0.3) is 0 Å². The lowest BCUT2D eigenvalue weighted by molar-refractivity contribution is 0.0790. The van der Waals surface area contributed by atoms with E-state index in [1.807, 2.05) is 22.8 Å². The molecule has 9 heteroatoms. The molecule has 0 saturated heterocycles. The molecule has 3 aromatic rings. The van der Waals surface area contributed by atoms with E-state index in [9.17, 15) is 4.39 Å². The van der Waals surface area contributed by atoms with Crippen LogP contribution in [0.25, 0.3) is 5.69 Å². The summed E-state index contributed by atoms with van der Waals surface area (Å²) in [6.45, 7) is 5.76. The molecule has 0 spiro atoms. The first-order valence-corrected chi connectivity index (χ1v) is 11.5. The highest BCUT2D eigenvalue weighted by molar-refractivity contribution is 7.99. The molecule has 2 aromatic carbocycles. The van der Waals surface area contributed by atoms with Gasteiger partial charge in [0.05, 0.1) is 37.4 Å². The quantitative estimate of drug-likeness (QED) is 0.280. The zero-order chi connectivity index (χ0) is 23.1. The minimum Gasteiger partial charge on any atom is -0.495 e. The lowest BCUT2D eigenvalue weighted by Crippen LogP contribution is -2.24. The van der Waals surface area contributed by atoms with Crippen molar-refractivity contribution in [3.8, 4) is 11.4 Å². The first kappa shape index (κ1) is 24.5. The SMILES string of the molecule is COCCOCCSc1nnc(C(C)(C)c2ccc(Cl)c(OC)c2)n1-c1ccc(F)cc1. The number of halogens is 2. The number of methoxy groups -OCH3 is 2. The minimum absolute atomic E-state index is 0.300. The normalized spacial score (nSPS) is 11.7. The van der Waals surface area contributed by atoms with E-state index in [-0.39, 0.29) is 5.82 Å². The number of thioether (sulfide) groups is 1. The van der Waals surface area contributed by atoms with Crippen LogP contribution in [0.5, 0.6) is 5.75 Å². The minimum atomic E-state index is -0.535. The van der Waals surface area contributed by atoms with Crippen molar-refractivity contribution < 1.29 is 18.6 Å². The average Bonchev–Trinajstić information content (AvgIpc) is 3.21. The number of rotatable bonds is 11. The van der Waals surface area contributed by atoms with E-state index in [0.29, 0.717) is 41.5 Å². The largest absolute Gasteiger partial charge is 0.495 e. The Hall–Kier alpha value is -2.13. The summed E-state index contributed by atoms with van der Waals surface area (Å²) in [5.74, 6) is 1.70. The maximum Gasteiger partial charge on any atom is 0.195 e. The Labute approximate surface area is 197 Å². The van der Waals surface area contributed by atoms with Crippen molar-refractivity contribution in [3.05, 3.63) is 64.7 Å². The Morgan fingerprint density at radius 2 is 1.78 bits per heavy atom. The fourth-order valence-electron chi connectivity index (χ4n) is 3.20. The molecule has 0 bridgehead atoms. The summed E-state index contributed by atoms with van der Waals surface area (Å²) in [7, 11) is 3.23. The van der Waals surface area contributed by atoms with E-state index in [1.165, 1.54) is 23.9 Å². The van der Waals surface area contributed by atoms with Crippen molar-refractivity contribution >= 4 is 23.4 Å². The Bertz CT molecular complexity index is 1030. The summed E-state index contributed by atoms with van der Waals surface area (Å²) in [4.78, 5) is 0. The smallest absolute Gasteiger partial charge is 0.195 e. The van der Waals surface area contributed by atoms with Crippen molar-refractivity contribution in [2.24, 2.45) is 0 Å². The first-order chi connectivity index (χ1) is 15.4. The number of ether oxygens (including phenoxy) is 3. The number of hydrogen-bond acceptors (Lipinski definition) is 6. The zero-order valence-corrected chi connectivity index (χ0v) is 20.2. The van der Waals surface area contributed by atoms with Crippen molar-refractivity contribution in [1.29, 1.82) is 0 Å². The van der Waals surface area contributed by atoms with Crippen molar-refractivity contribution in [1.82, 2.24) is 14.8 Å². The lowest BCUT2D eigenvalue weighted by atomic mass is 9.83. The Morgan fingerprint density at radius 1 is 1.03 bits per heavy atom. The molecule has 0 aliphatic heterocycles. The molecule has 172 valence electrons. The summed E-state index contributed by atoms with van der Waals surface area (Å²) in [6, 6.07) is 12.0. The summed E-state index contributed by atoms with van der Waals surface area (Å²) >= 11 is 7.75. The number of hydrogen-bond donors (Lipinski definition) is 0. The average molecular weight is 480 g/mol. The fourth-order valence-corrected chi connectivity index (χ4v) is 4.20. The maximum absolute atomic E-state index is 13.6. The van der Waals surface area contributed by atoms with Crippen LogP contribution in [0.4, 0.5) is 4.39 Å². The van der Waals surface area contributed by atoms with E-state index in [4.69, 9.17) is 25.8 Å². The molecule has 0 amide bonds. The monoisotopic (exact) mass is 479 g/mol. The molecule has 0 radical (unpaired) electrons. The summed E-state index contributed by atoms with van der Waals surface area (Å²) in [5.41, 5.74) is 1.21. The molecule has 0 saturated carbocycles. The van der Waals surface area contributed by atoms with Gasteiger partial charge in [-0.1, -0.05) is 29.4 Å². The van der Waals surface area contributed by atoms with Gasteiger partial charge >= 0.3 is 0 Å². The molecule has 1 heterocycles. The van der Waals surface area contributed by atoms with Crippen LogP contribution in [0, 0.1) is 5.82 Å². The van der Waals surface area contributed by atoms with Crippen molar-refractivity contribution in [2.45, 2.75) is 24.4 Å². The second-order valence-electron chi connectivity index (χ2n) is 7.55. The topological polar surface area (TPSA) is 58.4 Å². The van der Waals surface area contributed by atoms with Gasteiger partial charge in [0.1, 0.15) is 17.4 Å². The van der Waals surface area contributed by atoms with Gasteiger partial charge in [-0.15, -0.1) is 10.2 Å². The molecule has 0 N–H and O–H groups in total. The Balaban J connectivity index is 1.96. The van der Waals surface area contributed by atoms with Gasteiger partial charge in [-0.3, -0.25) is 4.57 Å². The van der Waals surface area contributed by atoms with Gasteiger partial charge in [0, 0.05) is 18.6 Å². The lowest BCUT2D eigenvalue weighted by Gasteiger charge is -2.26. The molecule has 32 heavy (non-hydrogen) atoms. The number of aromatic nitrogens is 3. The highest BCUT2D eigenvalue weighted by Crippen LogP contribution is 2.37. The molecule has 0 aliphatic rings. The molecule has 0 fully saturated rings. The number of nitrogens with zero attached hydrogens (tertiary/aromatic N) is 3. The van der Waals surface area contributed by atoms with Gasteiger partial charge < -0.3 is 14.2 Å². The second kappa shape index (κ2) is 11.1. The molecule has 0 unspecified atom stereocenters. The second-order valence-corrected chi connectivity index (χ2v) is 9.02. The van der Waals surface area contributed by atoms with Crippen LogP contribution >= 0.6 is 23.4 Å². The Morgan fingerprint density at radius 3 is 2.47 bits per heavy atom. The van der Waals surface area contributed by atoms with Gasteiger partial charge in [-0.25, -0.2) is 4.39 Å². The van der Waals surface area contributed by atoms with E-state index in [1.54, 1.807) is 26.4 Å². The summed E-state index contributed by atoms with van der Waals surface area (Å²) in [6.07, 6.45) is 0. The first-order valence-electron chi connectivity index (χ1n) is 10.1.